The Hall–Kier alpha value is -8.95. The summed E-state index contributed by atoms with van der Waals surface area (Å²) in [6.07, 6.45) is -4.97. The highest BCUT2D eigenvalue weighted by Gasteiger charge is 2.40. The second-order valence-electron chi connectivity index (χ2n) is 17.8. The number of halogens is 5. The summed E-state index contributed by atoms with van der Waals surface area (Å²) in [7, 11) is 0. The molecule has 0 bridgehead atoms. The fourth-order valence-electron chi connectivity index (χ4n) is 11.3. The molecule has 0 amide bonds. The van der Waals surface area contributed by atoms with Crippen LogP contribution in [0.4, 0.5) is 22.0 Å². The number of rotatable bonds is 5. The molecule has 0 atom stereocenters. The third-order valence-electron chi connectivity index (χ3n) is 14.1. The molecule has 4 heterocycles. The van der Waals surface area contributed by atoms with Gasteiger partial charge in [0.1, 0.15) is 17.2 Å². The summed E-state index contributed by atoms with van der Waals surface area (Å²) in [6, 6.07) is 65.0. The SMILES string of the molecule is Fc1cccc(F)c1-c1cc(-n2c3ccccc3c3cc(-n4c5ccccc5c5ccccc54)ccc32)c(C(F)(F)F)c(-n2c3ccccc3c3cc(-n4c5ccccc5c5ccccc54)ccc32)c1. The van der Waals surface area contributed by atoms with Crippen LogP contribution in [0.3, 0.4) is 0 Å². The van der Waals surface area contributed by atoms with Crippen LogP contribution in [0.15, 0.2) is 212 Å². The van der Waals surface area contributed by atoms with E-state index in [1.807, 2.05) is 109 Å². The highest BCUT2D eigenvalue weighted by atomic mass is 19.4. The van der Waals surface area contributed by atoms with E-state index in [1.54, 1.807) is 33.4 Å². The first-order chi connectivity index (χ1) is 34.2. The van der Waals surface area contributed by atoms with Gasteiger partial charge in [-0.1, -0.05) is 115 Å². The normalized spacial score (nSPS) is 12.4. The topological polar surface area (TPSA) is 19.7 Å². The van der Waals surface area contributed by atoms with E-state index in [2.05, 4.69) is 57.7 Å². The first-order valence-corrected chi connectivity index (χ1v) is 23.0. The van der Waals surface area contributed by atoms with Crippen molar-refractivity contribution in [2.24, 2.45) is 0 Å². The standard InChI is InChI=1S/C61H35F5N4/c62-47-20-13-21-48(63)59(47)36-32-57(69-53-26-11-5-18-43(53)45-34-37(28-30-55(45)69)67-49-22-7-1-14-39(49)40-15-2-8-23-50(40)67)60(61(64,65)66)58(33-36)70-54-27-12-6-19-44(54)46-35-38(29-31-56(46)70)68-51-24-9-3-16-41(51)42-17-4-10-25-52(42)68/h1-35H. The van der Waals surface area contributed by atoms with Gasteiger partial charge in [0.05, 0.1) is 61.1 Å². The predicted molar refractivity (Wildman–Crippen MR) is 274 cm³/mol. The molecule has 0 fully saturated rings. The van der Waals surface area contributed by atoms with Crippen molar-refractivity contribution < 1.29 is 22.0 Å². The van der Waals surface area contributed by atoms with E-state index < -0.39 is 28.9 Å². The minimum absolute atomic E-state index is 0.0470. The number of benzene rings is 10. The van der Waals surface area contributed by atoms with E-state index in [1.165, 1.54) is 18.2 Å². The molecule has 10 aromatic carbocycles. The fourth-order valence-corrected chi connectivity index (χ4v) is 11.3. The Balaban J connectivity index is 1.08. The zero-order chi connectivity index (χ0) is 47.0. The van der Waals surface area contributed by atoms with E-state index >= 15 is 22.0 Å². The van der Waals surface area contributed by atoms with E-state index in [-0.39, 0.29) is 16.9 Å². The van der Waals surface area contributed by atoms with Gasteiger partial charge < -0.3 is 18.3 Å². The van der Waals surface area contributed by atoms with Gasteiger partial charge in [-0.2, -0.15) is 13.2 Å². The van der Waals surface area contributed by atoms with Crippen molar-refractivity contribution in [3.05, 3.63) is 230 Å². The number of fused-ring (bicyclic) bond motifs is 12. The van der Waals surface area contributed by atoms with Gasteiger partial charge in [0.15, 0.2) is 0 Å². The summed E-state index contributed by atoms with van der Waals surface area (Å²) in [5, 5.41) is 7.16. The van der Waals surface area contributed by atoms with Crippen molar-refractivity contribution in [1.29, 1.82) is 0 Å². The van der Waals surface area contributed by atoms with Crippen molar-refractivity contribution in [2.75, 3.05) is 0 Å². The highest BCUT2D eigenvalue weighted by Crippen LogP contribution is 2.47. The lowest BCUT2D eigenvalue weighted by Crippen LogP contribution is -2.16. The summed E-state index contributed by atoms with van der Waals surface area (Å²) in [6.45, 7) is 0. The quantitative estimate of drug-likeness (QED) is 0.153. The molecule has 4 nitrogen and oxygen atoms in total. The third-order valence-corrected chi connectivity index (χ3v) is 14.1. The van der Waals surface area contributed by atoms with Crippen molar-refractivity contribution in [1.82, 2.24) is 18.3 Å². The van der Waals surface area contributed by atoms with Gasteiger partial charge in [0.25, 0.3) is 0 Å². The van der Waals surface area contributed by atoms with Gasteiger partial charge in [-0.25, -0.2) is 8.78 Å². The van der Waals surface area contributed by atoms with Gasteiger partial charge in [0, 0.05) is 54.5 Å². The highest BCUT2D eigenvalue weighted by molar-refractivity contribution is 6.14. The Bertz CT molecular complexity index is 4130. The summed E-state index contributed by atoms with van der Waals surface area (Å²) >= 11 is 0. The molecule has 0 N–H and O–H groups in total. The van der Waals surface area contributed by atoms with E-state index in [4.69, 9.17) is 0 Å². The molecule has 4 aromatic heterocycles. The van der Waals surface area contributed by atoms with Crippen LogP contribution in [-0.2, 0) is 6.18 Å². The van der Waals surface area contributed by atoms with E-state index in [0.29, 0.717) is 43.6 Å². The lowest BCUT2D eigenvalue weighted by molar-refractivity contribution is -0.137. The number of hydrogen-bond acceptors (Lipinski definition) is 0. The number of hydrogen-bond donors (Lipinski definition) is 0. The van der Waals surface area contributed by atoms with Crippen molar-refractivity contribution >= 4 is 87.2 Å². The summed E-state index contributed by atoms with van der Waals surface area (Å²) in [5.74, 6) is -1.79. The molecule has 0 unspecified atom stereocenters. The molecular formula is C61H35F5N4. The molecule has 0 aliphatic rings. The summed E-state index contributed by atoms with van der Waals surface area (Å²) in [5.41, 5.74) is 5.62. The number of nitrogens with zero attached hydrogens (tertiary/aromatic N) is 4. The molecule has 70 heavy (non-hydrogen) atoms. The van der Waals surface area contributed by atoms with Crippen LogP contribution in [0.1, 0.15) is 5.56 Å². The average molecular weight is 919 g/mol. The van der Waals surface area contributed by atoms with Gasteiger partial charge >= 0.3 is 6.18 Å². The maximum absolute atomic E-state index is 16.7. The van der Waals surface area contributed by atoms with Crippen molar-refractivity contribution in [2.45, 2.75) is 6.18 Å². The smallest absolute Gasteiger partial charge is 0.309 e. The molecule has 0 spiro atoms. The van der Waals surface area contributed by atoms with Crippen LogP contribution >= 0.6 is 0 Å². The molecule has 14 rings (SSSR count). The Morgan fingerprint density at radius 3 is 0.929 bits per heavy atom. The molecule has 0 aliphatic heterocycles. The lowest BCUT2D eigenvalue weighted by atomic mass is 9.98. The molecule has 334 valence electrons. The van der Waals surface area contributed by atoms with E-state index in [0.717, 1.165) is 67.1 Å². The Kier molecular flexibility index (Phi) is 8.47. The average Bonchev–Trinajstić information content (AvgIpc) is 4.10. The van der Waals surface area contributed by atoms with Gasteiger partial charge in [-0.15, -0.1) is 0 Å². The maximum atomic E-state index is 16.7. The molecule has 14 aromatic rings. The molecule has 0 radical (unpaired) electrons. The first kappa shape index (κ1) is 40.1. The van der Waals surface area contributed by atoms with Gasteiger partial charge in [-0.05, 0) is 103 Å². The minimum Gasteiger partial charge on any atom is -0.309 e. The monoisotopic (exact) mass is 918 g/mol. The first-order valence-electron chi connectivity index (χ1n) is 23.0. The van der Waals surface area contributed by atoms with Crippen LogP contribution in [-0.4, -0.2) is 18.3 Å². The van der Waals surface area contributed by atoms with Crippen LogP contribution in [0.2, 0.25) is 0 Å². The van der Waals surface area contributed by atoms with E-state index in [9.17, 15) is 0 Å². The second kappa shape index (κ2) is 14.8. The van der Waals surface area contributed by atoms with Crippen molar-refractivity contribution in [3.8, 4) is 33.9 Å². The zero-order valence-electron chi connectivity index (χ0n) is 36.9. The van der Waals surface area contributed by atoms with Gasteiger partial charge in [-0.3, -0.25) is 0 Å². The summed E-state index contributed by atoms with van der Waals surface area (Å²) in [4.78, 5) is 0. The molecule has 0 saturated heterocycles. The van der Waals surface area contributed by atoms with Crippen LogP contribution in [0, 0.1) is 11.6 Å². The second-order valence-corrected chi connectivity index (χ2v) is 17.8. The largest absolute Gasteiger partial charge is 0.420 e. The zero-order valence-corrected chi connectivity index (χ0v) is 36.9. The Morgan fingerprint density at radius 2 is 0.586 bits per heavy atom. The van der Waals surface area contributed by atoms with Crippen LogP contribution in [0.5, 0.6) is 0 Å². The Morgan fingerprint density at radius 1 is 0.286 bits per heavy atom. The molecule has 9 heteroatoms. The number of aromatic nitrogens is 4. The third kappa shape index (κ3) is 5.69. The molecular weight excluding hydrogens is 884 g/mol. The number of para-hydroxylation sites is 6. The molecule has 0 aliphatic carbocycles. The maximum Gasteiger partial charge on any atom is 0.420 e. The van der Waals surface area contributed by atoms with Crippen molar-refractivity contribution in [3.63, 3.8) is 0 Å². The predicted octanol–water partition coefficient (Wildman–Crippen LogP) is 17.0. The van der Waals surface area contributed by atoms with Gasteiger partial charge in [0.2, 0.25) is 0 Å². The summed E-state index contributed by atoms with van der Waals surface area (Å²) < 4.78 is 89.9. The number of alkyl halides is 3. The fraction of sp³-hybridized carbons (Fsp3) is 0.0164. The van der Waals surface area contributed by atoms with Crippen LogP contribution in [0.25, 0.3) is 121 Å². The van der Waals surface area contributed by atoms with Crippen LogP contribution < -0.4 is 0 Å². The lowest BCUT2D eigenvalue weighted by Gasteiger charge is -2.23. The Labute approximate surface area is 395 Å². The minimum atomic E-state index is -4.97. The molecule has 0 saturated carbocycles.